The van der Waals surface area contributed by atoms with E-state index in [4.69, 9.17) is 43.5 Å². The van der Waals surface area contributed by atoms with Gasteiger partial charge in [0, 0.05) is 71.3 Å². The van der Waals surface area contributed by atoms with Gasteiger partial charge in [-0.25, -0.2) is 9.59 Å². The number of benzene rings is 7. The minimum atomic E-state index is -4.49. The monoisotopic (exact) mass is 1660 g/mol. The molecule has 7 aromatic rings. The van der Waals surface area contributed by atoms with E-state index in [1.165, 1.54) is 20.8 Å². The predicted molar refractivity (Wildman–Crippen MR) is 456 cm³/mol. The highest BCUT2D eigenvalue weighted by atomic mass is 31.2. The van der Waals surface area contributed by atoms with Crippen LogP contribution < -0.4 is 32.3 Å². The molecule has 24 nitrogen and oxygen atoms in total. The Balaban J connectivity index is 0.000000254. The zero-order valence-electron chi connectivity index (χ0n) is 65.3. The van der Waals surface area contributed by atoms with Gasteiger partial charge >= 0.3 is 47.8 Å². The summed E-state index contributed by atoms with van der Waals surface area (Å²) in [5.41, 5.74) is 17.7. The standard InChI is InChI=1S/C37H29N2O7P.C34H27N2O6P.C22H19N2O5P/c1-4-5-6-7-8-9-14-28-19-21-29(22-20-28)38-36(41)35(26(2)24-47(43)46-25-45-27(3)40)39-37(42)44-23-34-32-17-12-10-15-30(32)31-16-11-13-18-33(31)34;1-3-4-5-6-7-8-13-25-18-20-26(21-19-25)35-33(37)32(24(2)23-43(39,40)41)36-34(38)42-22-31-29-16-11-9-14-27(29)28-15-10-12-17-30(28)31;1-4-5-6-7-8-9-10-19-11-13-20(14-12-19)24-22(26)21(23)17(2)15-30(27)29-16-28-18(3)25/h1,10-13,15-22,26,34-35H,23-25H2,2-3H3,(H-,38,39,41,42);1,9-12,14-21,24,31-32H,22-23H2,2H3,(H,35,37)(H,36,38)(H2,39,40,41);1,11-14,17,21H,15-16,23H2,2-3H3/p+2/t26?,35-;24?,32-;17?,21-/m111/s1. The van der Waals surface area contributed by atoms with Crippen molar-refractivity contribution in [2.24, 2.45) is 23.5 Å². The first-order valence-electron chi connectivity index (χ1n) is 36.3. The molecule has 8 atom stereocenters. The van der Waals surface area contributed by atoms with Gasteiger partial charge in [0.2, 0.25) is 31.3 Å². The molecule has 0 saturated carbocycles. The smallest absolute Gasteiger partial charge is 0.449 e. The van der Waals surface area contributed by atoms with Crippen LogP contribution in [-0.2, 0) is 65.7 Å². The number of carbonyl (C=O) groups is 7. The highest BCUT2D eigenvalue weighted by Crippen LogP contribution is 2.46. The van der Waals surface area contributed by atoms with Crippen molar-refractivity contribution in [3.05, 3.63) is 209 Å². The fourth-order valence-corrected chi connectivity index (χ4v) is 14.5. The molecule has 0 radical (unpaired) electrons. The minimum Gasteiger partial charge on any atom is -0.449 e. The summed E-state index contributed by atoms with van der Waals surface area (Å²) < 4.78 is 66.5. The van der Waals surface area contributed by atoms with Gasteiger partial charge in [-0.1, -0.05) is 136 Å². The maximum absolute atomic E-state index is 13.5. The molecule has 0 spiro atoms. The molecule has 600 valence electrons. The average molecular weight is 1660 g/mol. The van der Waals surface area contributed by atoms with E-state index in [9.17, 15) is 57.0 Å². The van der Waals surface area contributed by atoms with E-state index in [-0.39, 0.29) is 37.4 Å². The molecular formula is C93H77N6O18P3+2. The van der Waals surface area contributed by atoms with Crippen molar-refractivity contribution in [1.29, 1.82) is 0 Å². The van der Waals surface area contributed by atoms with E-state index in [1.807, 2.05) is 97.1 Å². The van der Waals surface area contributed by atoms with Crippen LogP contribution in [0.4, 0.5) is 26.7 Å². The van der Waals surface area contributed by atoms with E-state index in [2.05, 4.69) is 160 Å². The van der Waals surface area contributed by atoms with Gasteiger partial charge in [0.15, 0.2) is 12.3 Å². The fourth-order valence-electron chi connectivity index (χ4n) is 11.6. The number of anilines is 3. The Morgan fingerprint density at radius 1 is 0.417 bits per heavy atom. The first kappa shape index (κ1) is 92.6. The quantitative estimate of drug-likeness (QED) is 0.00779. The first-order chi connectivity index (χ1) is 57.7. The second kappa shape index (κ2) is 48.7. The number of esters is 2. The number of ether oxygens (including phenoxy) is 4. The number of hydrogen-bond acceptors (Lipinski definition) is 17. The summed E-state index contributed by atoms with van der Waals surface area (Å²) in [4.78, 5) is 106. The molecule has 0 bridgehead atoms. The largest absolute Gasteiger partial charge is 0.511 e. The van der Waals surface area contributed by atoms with E-state index >= 15 is 0 Å². The van der Waals surface area contributed by atoms with Gasteiger partial charge < -0.3 is 61.1 Å². The molecule has 5 amide bonds. The van der Waals surface area contributed by atoms with Crippen LogP contribution in [0.15, 0.2) is 170 Å². The second-order valence-corrected chi connectivity index (χ2v) is 30.2. The molecule has 9 rings (SSSR count). The zero-order chi connectivity index (χ0) is 86.8. The average Bonchev–Trinajstić information content (AvgIpc) is 1.62. The highest BCUT2D eigenvalue weighted by Gasteiger charge is 2.38. The summed E-state index contributed by atoms with van der Waals surface area (Å²) in [5, 5.41) is 13.3. The molecule has 120 heavy (non-hydrogen) atoms. The van der Waals surface area contributed by atoms with E-state index in [1.54, 1.807) is 86.6 Å². The molecular weight excluding hydrogens is 1580 g/mol. The second-order valence-electron chi connectivity index (χ2n) is 25.9. The lowest BCUT2D eigenvalue weighted by Gasteiger charge is -2.25. The molecule has 2 aliphatic rings. The maximum Gasteiger partial charge on any atom is 0.511 e. The van der Waals surface area contributed by atoms with Gasteiger partial charge in [0.1, 0.15) is 25.3 Å². The Morgan fingerprint density at radius 3 is 1.02 bits per heavy atom. The van der Waals surface area contributed by atoms with Crippen LogP contribution in [0.1, 0.15) is 85.4 Å². The molecule has 0 aromatic heterocycles. The van der Waals surface area contributed by atoms with Gasteiger partial charge in [-0.15, -0.1) is 28.3 Å². The number of nitrogens with two attached hydrogens (primary N) is 1. The van der Waals surface area contributed by atoms with Crippen LogP contribution in [0.25, 0.3) is 22.3 Å². The third kappa shape index (κ3) is 31.2. The van der Waals surface area contributed by atoms with Crippen molar-refractivity contribution in [1.82, 2.24) is 10.6 Å². The molecule has 0 saturated heterocycles. The van der Waals surface area contributed by atoms with Crippen molar-refractivity contribution < 1.29 is 85.0 Å². The third-order valence-corrected chi connectivity index (χ3v) is 20.8. The predicted octanol–water partition coefficient (Wildman–Crippen LogP) is 11.6. The van der Waals surface area contributed by atoms with Crippen molar-refractivity contribution >= 4 is 82.6 Å². The van der Waals surface area contributed by atoms with Crippen molar-refractivity contribution in [2.75, 3.05) is 61.2 Å². The molecule has 0 fully saturated rings. The molecule has 0 aliphatic heterocycles. The van der Waals surface area contributed by atoms with Crippen LogP contribution >= 0.6 is 23.7 Å². The number of rotatable bonds is 27. The highest BCUT2D eigenvalue weighted by molar-refractivity contribution is 7.51. The van der Waals surface area contributed by atoms with Crippen molar-refractivity contribution in [3.63, 3.8) is 0 Å². The number of amides is 5. The topological polar surface area (TPSA) is 353 Å². The van der Waals surface area contributed by atoms with Crippen LogP contribution in [-0.4, -0.2) is 115 Å². The van der Waals surface area contributed by atoms with Gasteiger partial charge in [0.25, 0.3) is 0 Å². The Morgan fingerprint density at radius 2 is 0.708 bits per heavy atom. The third-order valence-electron chi connectivity index (χ3n) is 17.2. The Hall–Kier alpha value is -14.6. The lowest BCUT2D eigenvalue weighted by molar-refractivity contribution is -0.148. The summed E-state index contributed by atoms with van der Waals surface area (Å²) in [7, 11) is -8.93. The first-order valence-corrected chi connectivity index (χ1v) is 40.9. The van der Waals surface area contributed by atoms with Crippen molar-refractivity contribution in [3.8, 4) is 166 Å². The molecule has 7 aromatic carbocycles. The summed E-state index contributed by atoms with van der Waals surface area (Å²) in [5.74, 6) is 47.3. The summed E-state index contributed by atoms with van der Waals surface area (Å²) in [6, 6.07) is 48.3. The molecule has 0 heterocycles. The zero-order valence-corrected chi connectivity index (χ0v) is 68.0. The number of fused-ring (bicyclic) bond motifs is 6. The summed E-state index contributed by atoms with van der Waals surface area (Å²) in [6.45, 7) is 6.37. The lowest BCUT2D eigenvalue weighted by Crippen LogP contribution is -2.49. The van der Waals surface area contributed by atoms with E-state index < -0.39 is 121 Å². The minimum absolute atomic E-state index is 0.0183. The number of nitrogens with one attached hydrogen (secondary N) is 5. The van der Waals surface area contributed by atoms with Crippen molar-refractivity contribution in [2.45, 2.75) is 64.6 Å². The van der Waals surface area contributed by atoms with Gasteiger partial charge in [-0.3, -0.25) is 28.5 Å². The molecule has 9 N–H and O–H groups in total. The summed E-state index contributed by atoms with van der Waals surface area (Å²) in [6.07, 6.45) is 12.7. The van der Waals surface area contributed by atoms with Gasteiger partial charge in [0.05, 0.1) is 12.2 Å². The number of hydrogen-bond donors (Lipinski definition) is 8. The lowest BCUT2D eigenvalue weighted by atomic mass is 9.98. The Labute approximate surface area is 698 Å². The maximum atomic E-state index is 13.5. The Bertz CT molecular complexity index is 5720. The summed E-state index contributed by atoms with van der Waals surface area (Å²) >= 11 is 0. The molecule has 5 unspecified atom stereocenters. The van der Waals surface area contributed by atoms with Gasteiger partial charge in [-0.2, -0.15) is 0 Å². The van der Waals surface area contributed by atoms with Crippen LogP contribution in [0, 0.1) is 161 Å². The SMILES string of the molecule is C#CC#CC#CC#Cc1ccc(NC(=O)[C@H](N)C(C)C[P+](=O)OCOC(C)=O)cc1.C#CC#CC#CC#Cc1ccc(NC(=O)[C@H](NC(=O)OCC2c3ccccc3-c3ccccc32)C(C)CP(=O)(O)O)cc1.C#CC#CC#CC#Cc1ccc(NC(=O)[C@H](NC(=O)OCC2c3ccccc3-c3ccccc32)C(C)C[P+](=O)OCOC(C)=O)cc1. The van der Waals surface area contributed by atoms with Crippen LogP contribution in [0.3, 0.4) is 0 Å². The Kier molecular flexibility index (Phi) is 37.5. The molecule has 2 aliphatic carbocycles. The normalized spacial score (nSPS) is 12.2. The van der Waals surface area contributed by atoms with Crippen LogP contribution in [0.5, 0.6) is 0 Å². The van der Waals surface area contributed by atoms with E-state index in [0.717, 1.165) is 44.5 Å². The number of alkyl carbamates (subject to hydrolysis) is 2. The van der Waals surface area contributed by atoms with E-state index in [0.29, 0.717) is 33.8 Å². The number of terminal acetylenes is 3. The number of carbonyl (C=O) groups excluding carboxylic acids is 7. The fraction of sp³-hybridized carbons (Fsp3) is 0.215. The van der Waals surface area contributed by atoms with Crippen LogP contribution in [0.2, 0.25) is 0 Å². The van der Waals surface area contributed by atoms with Gasteiger partial charge in [-0.05, 0) is 239 Å². The molecule has 27 heteroatoms.